The first kappa shape index (κ1) is 23.5. The molecule has 3 nitrogen and oxygen atoms in total. The molecule has 0 atom stereocenters. The van der Waals surface area contributed by atoms with E-state index >= 15 is 0 Å². The monoisotopic (exact) mass is 386 g/mol. The third kappa shape index (κ3) is 24.3. The number of halogens is 3. The Bertz CT molecular complexity index is 116. The molecule has 0 aromatic carbocycles. The van der Waals surface area contributed by atoms with Gasteiger partial charge in [0.15, 0.2) is 0 Å². The average molecular weight is 388 g/mol. The summed E-state index contributed by atoms with van der Waals surface area (Å²) in [6, 6.07) is 0. The van der Waals surface area contributed by atoms with Crippen molar-refractivity contribution in [3.05, 3.63) is 19.8 Å². The summed E-state index contributed by atoms with van der Waals surface area (Å²) in [5, 5.41) is 0. The standard InChI is InChI=1S/3C4H7O.CH4.3ClH.Cr/c3*1-2-4-5-3-1;;;;;/h3*3H,1-2,4H2;1H4;3*1H;/q3*-1;;;;;+3/p-3. The average Bonchev–Trinajstić information content (AvgIpc) is 3.18. The van der Waals surface area contributed by atoms with Crippen molar-refractivity contribution >= 4 is 30.1 Å². The van der Waals surface area contributed by atoms with E-state index in [0.29, 0.717) is 0 Å². The van der Waals surface area contributed by atoms with Crippen molar-refractivity contribution in [2.75, 3.05) is 19.8 Å². The minimum absolute atomic E-state index is 0. The third-order valence-corrected chi connectivity index (χ3v) is 2.11. The van der Waals surface area contributed by atoms with Gasteiger partial charge in [-0.15, -0.1) is 0 Å². The van der Waals surface area contributed by atoms with Crippen molar-refractivity contribution in [1.29, 1.82) is 0 Å². The van der Waals surface area contributed by atoms with Gasteiger partial charge < -0.3 is 14.2 Å². The molecule has 3 saturated heterocycles. The Morgan fingerprint density at radius 1 is 0.650 bits per heavy atom. The fourth-order valence-corrected chi connectivity index (χ4v) is 1.25. The zero-order valence-corrected chi connectivity index (χ0v) is 14.4. The first-order valence-corrected chi connectivity index (χ1v) is 11.5. The van der Waals surface area contributed by atoms with Crippen LogP contribution < -0.4 is 0 Å². The summed E-state index contributed by atoms with van der Waals surface area (Å²) in [4.78, 5) is 0. The Hall–Kier alpha value is 1.28. The fourth-order valence-electron chi connectivity index (χ4n) is 1.25. The Balaban J connectivity index is 0. The molecule has 0 unspecified atom stereocenters. The molecule has 0 saturated carbocycles. The summed E-state index contributed by atoms with van der Waals surface area (Å²) in [6.07, 6.45) is 7.12. The number of hydrogen-bond donors (Lipinski definition) is 0. The topological polar surface area (TPSA) is 27.7 Å². The van der Waals surface area contributed by atoms with Crippen LogP contribution in [0.15, 0.2) is 0 Å². The molecule has 7 heteroatoms. The second-order valence-corrected chi connectivity index (χ2v) is 10.0. The van der Waals surface area contributed by atoms with Crippen molar-refractivity contribution in [2.24, 2.45) is 0 Å². The van der Waals surface area contributed by atoms with Gasteiger partial charge in [0.2, 0.25) is 0 Å². The van der Waals surface area contributed by atoms with E-state index in [1.54, 1.807) is 0 Å². The molecule has 3 rings (SSSR count). The van der Waals surface area contributed by atoms with Crippen molar-refractivity contribution in [3.8, 4) is 0 Å². The van der Waals surface area contributed by atoms with Crippen LogP contribution in [0.25, 0.3) is 0 Å². The first-order valence-electron chi connectivity index (χ1n) is 6.26. The van der Waals surface area contributed by atoms with Gasteiger partial charge in [-0.1, -0.05) is 26.7 Å². The molecule has 3 aliphatic rings. The molecule has 20 heavy (non-hydrogen) atoms. The van der Waals surface area contributed by atoms with Gasteiger partial charge in [0, 0.05) is 19.8 Å². The summed E-state index contributed by atoms with van der Waals surface area (Å²) in [7, 11) is 14.8. The summed E-state index contributed by atoms with van der Waals surface area (Å²) in [6.45, 7) is 8.42. The Morgan fingerprint density at radius 3 is 0.950 bits per heavy atom. The molecule has 3 aliphatic heterocycles. The predicted octanol–water partition coefficient (Wildman–Crippen LogP) is 5.58. The molecule has 0 aromatic heterocycles. The van der Waals surface area contributed by atoms with Crippen molar-refractivity contribution in [1.82, 2.24) is 0 Å². The summed E-state index contributed by atoms with van der Waals surface area (Å²) in [5.74, 6) is 0. The maximum atomic E-state index is 4.93. The van der Waals surface area contributed by atoms with Crippen LogP contribution in [0.3, 0.4) is 0 Å². The van der Waals surface area contributed by atoms with Crippen LogP contribution in [-0.4, -0.2) is 19.8 Å². The van der Waals surface area contributed by atoms with Gasteiger partial charge >= 0.3 is 41.5 Å². The van der Waals surface area contributed by atoms with Crippen LogP contribution >= 0.6 is 30.1 Å². The molecular formula is C13H25Cl3CrO3-3. The SMILES string of the molecule is C.[CH-]1CCCO1.[CH-]1CCCO1.[CH-]1CCCO1.[Cl][Cr]([Cl])[Cl]. The van der Waals surface area contributed by atoms with Gasteiger partial charge in [0.25, 0.3) is 0 Å². The van der Waals surface area contributed by atoms with Gasteiger partial charge in [-0.05, 0) is 0 Å². The van der Waals surface area contributed by atoms with E-state index in [4.69, 9.17) is 44.4 Å². The quantitative estimate of drug-likeness (QED) is 0.508. The van der Waals surface area contributed by atoms with Crippen molar-refractivity contribution < 1.29 is 25.6 Å². The van der Waals surface area contributed by atoms with E-state index < -0.39 is 11.4 Å². The summed E-state index contributed by atoms with van der Waals surface area (Å²) < 4.78 is 14.5. The number of hydrogen-bond acceptors (Lipinski definition) is 3. The fraction of sp³-hybridized carbons (Fsp3) is 0.769. The van der Waals surface area contributed by atoms with Gasteiger partial charge in [-0.3, -0.25) is 0 Å². The first-order chi connectivity index (χ1) is 9.23. The maximum absolute atomic E-state index is 4.93. The number of rotatable bonds is 0. The molecule has 0 spiro atoms. The molecule has 125 valence electrons. The van der Waals surface area contributed by atoms with E-state index in [1.807, 2.05) is 19.8 Å². The molecule has 3 heterocycles. The zero-order valence-electron chi connectivity index (χ0n) is 10.9. The third-order valence-electron chi connectivity index (χ3n) is 2.11. The number of ether oxygens (including phenoxy) is 3. The van der Waals surface area contributed by atoms with Crippen LogP contribution in [0.2, 0.25) is 0 Å². The van der Waals surface area contributed by atoms with Crippen LogP contribution in [0.1, 0.15) is 46.0 Å². The minimum atomic E-state index is -1.62. The summed E-state index contributed by atoms with van der Waals surface area (Å²) in [5.41, 5.74) is 0. The predicted molar refractivity (Wildman–Crippen MR) is 82.7 cm³/mol. The molecule has 0 aliphatic carbocycles. The van der Waals surface area contributed by atoms with E-state index in [1.165, 1.54) is 19.3 Å². The molecular weight excluding hydrogens is 362 g/mol. The Labute approximate surface area is 141 Å². The molecule has 0 amide bonds. The molecule has 0 aromatic rings. The normalized spacial score (nSPS) is 19.8. The van der Waals surface area contributed by atoms with Gasteiger partial charge in [-0.25, -0.2) is 19.8 Å². The van der Waals surface area contributed by atoms with Gasteiger partial charge in [0.05, 0.1) is 0 Å². The molecule has 0 N–H and O–H groups in total. The van der Waals surface area contributed by atoms with Crippen LogP contribution in [0.5, 0.6) is 0 Å². The van der Waals surface area contributed by atoms with Crippen molar-refractivity contribution in [3.63, 3.8) is 0 Å². The molecule has 3 fully saturated rings. The van der Waals surface area contributed by atoms with Crippen LogP contribution in [0.4, 0.5) is 0 Å². The molecule has 0 radical (unpaired) electrons. The Kier molecular flexibility index (Phi) is 23.9. The van der Waals surface area contributed by atoms with E-state index in [2.05, 4.69) is 0 Å². The van der Waals surface area contributed by atoms with E-state index in [-0.39, 0.29) is 7.43 Å². The van der Waals surface area contributed by atoms with Gasteiger partial charge in [0.1, 0.15) is 0 Å². The van der Waals surface area contributed by atoms with Crippen molar-refractivity contribution in [2.45, 2.75) is 46.0 Å². The second-order valence-electron chi connectivity index (χ2n) is 3.71. The molecule has 0 bridgehead atoms. The van der Waals surface area contributed by atoms with E-state index in [9.17, 15) is 0 Å². The van der Waals surface area contributed by atoms with Crippen LogP contribution in [0, 0.1) is 19.8 Å². The summed E-state index contributed by atoms with van der Waals surface area (Å²) >= 11 is -1.62. The second kappa shape index (κ2) is 20.3. The Morgan fingerprint density at radius 2 is 0.900 bits per heavy atom. The van der Waals surface area contributed by atoms with Crippen LogP contribution in [-0.2, 0) is 25.6 Å². The zero-order chi connectivity index (χ0) is 14.2. The van der Waals surface area contributed by atoms with E-state index in [0.717, 1.165) is 39.1 Å². The van der Waals surface area contributed by atoms with Gasteiger partial charge in [-0.2, -0.15) is 19.3 Å².